The molecule has 0 spiro atoms. The highest BCUT2D eigenvalue weighted by molar-refractivity contribution is 14.1. The van der Waals surface area contributed by atoms with Gasteiger partial charge in [-0.3, -0.25) is 24.4 Å². The zero-order valence-corrected chi connectivity index (χ0v) is 19.8. The van der Waals surface area contributed by atoms with Gasteiger partial charge in [0.05, 0.1) is 17.7 Å². The highest BCUT2D eigenvalue weighted by Gasteiger charge is 2.22. The van der Waals surface area contributed by atoms with E-state index < -0.39 is 11.7 Å². The monoisotopic (exact) mass is 575 g/mol. The molecule has 3 aromatic heterocycles. The van der Waals surface area contributed by atoms with E-state index in [0.29, 0.717) is 29.6 Å². The topological polar surface area (TPSA) is 118 Å². The summed E-state index contributed by atoms with van der Waals surface area (Å²) in [6.07, 6.45) is 5.03. The number of hydrogen-bond acceptors (Lipinski definition) is 7. The molecule has 4 rings (SSSR count). The van der Waals surface area contributed by atoms with Crippen LogP contribution in [0.2, 0.25) is 0 Å². The molecule has 0 aliphatic heterocycles. The van der Waals surface area contributed by atoms with E-state index in [1.807, 2.05) is 22.6 Å². The van der Waals surface area contributed by atoms with Gasteiger partial charge >= 0.3 is 5.91 Å². The number of rotatable bonds is 9. The number of hydrogen-bond donors (Lipinski definition) is 3. The fourth-order valence-corrected chi connectivity index (χ4v) is 3.50. The number of nitrogens with one attached hydrogen (secondary N) is 3. The Morgan fingerprint density at radius 2 is 2.00 bits per heavy atom. The third-order valence-corrected chi connectivity index (χ3v) is 5.33. The lowest BCUT2D eigenvalue weighted by molar-refractivity contribution is 0.0283. The molecule has 11 heteroatoms. The third kappa shape index (κ3) is 5.66. The van der Waals surface area contributed by atoms with Crippen LogP contribution in [-0.4, -0.2) is 34.9 Å². The molecule has 9 nitrogen and oxygen atoms in total. The highest BCUT2D eigenvalue weighted by atomic mass is 127. The van der Waals surface area contributed by atoms with Gasteiger partial charge in [-0.25, -0.2) is 9.87 Å². The molecule has 3 heterocycles. The molecular weight excluding hydrogens is 556 g/mol. The van der Waals surface area contributed by atoms with E-state index in [1.54, 1.807) is 36.4 Å². The molecular formula is C23H19FIN5O4. The number of benzene rings is 1. The maximum absolute atomic E-state index is 14.4. The van der Waals surface area contributed by atoms with Crippen molar-refractivity contribution in [2.45, 2.75) is 6.42 Å². The molecule has 2 amide bonds. The smallest absolute Gasteiger partial charge is 0.312 e. The zero-order chi connectivity index (χ0) is 23.9. The summed E-state index contributed by atoms with van der Waals surface area (Å²) < 4.78 is 20.8. The van der Waals surface area contributed by atoms with Crippen LogP contribution in [0.1, 0.15) is 27.5 Å². The van der Waals surface area contributed by atoms with Gasteiger partial charge in [0.2, 0.25) is 5.76 Å². The summed E-state index contributed by atoms with van der Waals surface area (Å²) in [5.74, 6) is -1.49. The predicted molar refractivity (Wildman–Crippen MR) is 131 cm³/mol. The maximum Gasteiger partial charge on any atom is 0.312 e. The number of hydroxylamine groups is 1. The lowest BCUT2D eigenvalue weighted by Crippen LogP contribution is -2.28. The minimum atomic E-state index is -0.651. The molecule has 0 radical (unpaired) electrons. The molecule has 0 fully saturated rings. The number of furan rings is 1. The van der Waals surface area contributed by atoms with Crippen molar-refractivity contribution in [3.05, 3.63) is 81.9 Å². The Labute approximate surface area is 207 Å². The van der Waals surface area contributed by atoms with Crippen molar-refractivity contribution >= 4 is 56.7 Å². The molecule has 0 unspecified atom stereocenters. The molecule has 0 saturated carbocycles. The number of anilines is 2. The molecule has 34 heavy (non-hydrogen) atoms. The number of aromatic nitrogens is 2. The molecule has 3 N–H and O–H groups in total. The summed E-state index contributed by atoms with van der Waals surface area (Å²) in [4.78, 5) is 37.9. The SMILES string of the molecule is O=C(NCCCONC(=O)c1oc2ccncc2c1Nc1ccc(I)cc1F)c1ccccn1. The van der Waals surface area contributed by atoms with Crippen molar-refractivity contribution in [3.63, 3.8) is 0 Å². The Hall–Kier alpha value is -3.58. The van der Waals surface area contributed by atoms with Crippen molar-refractivity contribution in [3.8, 4) is 0 Å². The van der Waals surface area contributed by atoms with Crippen molar-refractivity contribution in [2.75, 3.05) is 18.5 Å². The zero-order valence-electron chi connectivity index (χ0n) is 17.7. The van der Waals surface area contributed by atoms with Gasteiger partial charge in [0.1, 0.15) is 22.8 Å². The van der Waals surface area contributed by atoms with Crippen LogP contribution in [0.15, 0.2) is 65.5 Å². The number of amides is 2. The average molecular weight is 575 g/mol. The van der Waals surface area contributed by atoms with Gasteiger partial charge in [0.15, 0.2) is 0 Å². The van der Waals surface area contributed by atoms with Crippen LogP contribution in [0, 0.1) is 9.39 Å². The van der Waals surface area contributed by atoms with E-state index in [9.17, 15) is 14.0 Å². The molecule has 174 valence electrons. The van der Waals surface area contributed by atoms with E-state index in [-0.39, 0.29) is 29.6 Å². The number of carbonyl (C=O) groups excluding carboxylic acids is 2. The van der Waals surface area contributed by atoms with Gasteiger partial charge in [-0.1, -0.05) is 6.07 Å². The second-order valence-electron chi connectivity index (χ2n) is 7.03. The normalized spacial score (nSPS) is 10.8. The predicted octanol–water partition coefficient (Wildman–Crippen LogP) is 4.19. The van der Waals surface area contributed by atoms with Crippen LogP contribution in [0.25, 0.3) is 11.0 Å². The molecule has 4 aromatic rings. The number of pyridine rings is 2. The van der Waals surface area contributed by atoms with Crippen LogP contribution in [0.4, 0.5) is 15.8 Å². The first kappa shape index (κ1) is 23.6. The molecule has 0 aliphatic carbocycles. The Balaban J connectivity index is 1.36. The summed E-state index contributed by atoms with van der Waals surface area (Å²) in [6, 6.07) is 11.4. The standard InChI is InChI=1S/C23H19FIN5O4/c24-16-12-14(25)5-6-17(16)29-20-15-13-26-10-7-19(15)34-21(20)23(32)30-33-11-3-9-28-22(31)18-4-1-2-8-27-18/h1-2,4-8,10,12-13,29H,3,9,11H2,(H,28,31)(H,30,32). The molecule has 0 aliphatic rings. The second kappa shape index (κ2) is 11.0. The van der Waals surface area contributed by atoms with Crippen molar-refractivity contribution in [1.29, 1.82) is 0 Å². The van der Waals surface area contributed by atoms with Gasteiger partial charge < -0.3 is 15.1 Å². The molecule has 0 bridgehead atoms. The van der Waals surface area contributed by atoms with E-state index in [1.165, 1.54) is 24.7 Å². The lowest BCUT2D eigenvalue weighted by atomic mass is 10.2. The maximum atomic E-state index is 14.4. The van der Waals surface area contributed by atoms with Gasteiger partial charge in [-0.05, 0) is 65.4 Å². The van der Waals surface area contributed by atoms with Gasteiger partial charge in [0, 0.05) is 28.7 Å². The largest absolute Gasteiger partial charge is 0.448 e. The van der Waals surface area contributed by atoms with E-state index in [2.05, 4.69) is 26.1 Å². The van der Waals surface area contributed by atoms with Crippen molar-refractivity contribution < 1.29 is 23.2 Å². The highest BCUT2D eigenvalue weighted by Crippen LogP contribution is 2.33. The van der Waals surface area contributed by atoms with Gasteiger partial charge in [0.25, 0.3) is 5.91 Å². The Morgan fingerprint density at radius 1 is 1.12 bits per heavy atom. The number of carbonyl (C=O) groups is 2. The van der Waals surface area contributed by atoms with Crippen LogP contribution >= 0.6 is 22.6 Å². The molecule has 0 saturated heterocycles. The first-order valence-electron chi connectivity index (χ1n) is 10.2. The first-order valence-corrected chi connectivity index (χ1v) is 11.3. The van der Waals surface area contributed by atoms with E-state index in [0.717, 1.165) is 3.57 Å². The lowest BCUT2D eigenvalue weighted by Gasteiger charge is -2.09. The number of halogens is 2. The van der Waals surface area contributed by atoms with Gasteiger partial charge in [-0.15, -0.1) is 0 Å². The van der Waals surface area contributed by atoms with Crippen molar-refractivity contribution in [1.82, 2.24) is 20.8 Å². The summed E-state index contributed by atoms with van der Waals surface area (Å²) in [7, 11) is 0. The van der Waals surface area contributed by atoms with Gasteiger partial charge in [-0.2, -0.15) is 0 Å². The van der Waals surface area contributed by atoms with E-state index >= 15 is 0 Å². The van der Waals surface area contributed by atoms with Crippen LogP contribution in [0.5, 0.6) is 0 Å². The average Bonchev–Trinajstić information content (AvgIpc) is 3.22. The molecule has 0 atom stereocenters. The quantitative estimate of drug-likeness (QED) is 0.156. The summed E-state index contributed by atoms with van der Waals surface area (Å²) in [6.45, 7) is 0.477. The Kier molecular flexibility index (Phi) is 7.65. The van der Waals surface area contributed by atoms with Crippen LogP contribution in [-0.2, 0) is 4.84 Å². The summed E-state index contributed by atoms with van der Waals surface area (Å²) in [5.41, 5.74) is 3.50. The Bertz CT molecular complexity index is 1320. The summed E-state index contributed by atoms with van der Waals surface area (Å²) in [5, 5.41) is 6.16. The third-order valence-electron chi connectivity index (χ3n) is 4.66. The Morgan fingerprint density at radius 3 is 2.79 bits per heavy atom. The summed E-state index contributed by atoms with van der Waals surface area (Å²) >= 11 is 2.01. The fraction of sp³-hybridized carbons (Fsp3) is 0.130. The second-order valence-corrected chi connectivity index (χ2v) is 8.28. The van der Waals surface area contributed by atoms with E-state index in [4.69, 9.17) is 9.25 Å². The van der Waals surface area contributed by atoms with Crippen LogP contribution < -0.4 is 16.1 Å². The van der Waals surface area contributed by atoms with Crippen molar-refractivity contribution in [2.24, 2.45) is 0 Å². The molecule has 1 aromatic carbocycles. The van der Waals surface area contributed by atoms with Crippen LogP contribution in [0.3, 0.4) is 0 Å². The first-order chi connectivity index (χ1) is 16.5. The number of nitrogens with zero attached hydrogens (tertiary/aromatic N) is 2. The minimum Gasteiger partial charge on any atom is -0.448 e. The minimum absolute atomic E-state index is 0.0793. The number of fused-ring (bicyclic) bond motifs is 1. The fourth-order valence-electron chi connectivity index (χ4n) is 3.05.